The molecule has 6 heteroatoms. The van der Waals surface area contributed by atoms with E-state index in [0.717, 1.165) is 25.4 Å². The lowest BCUT2D eigenvalue weighted by Crippen LogP contribution is -2.49. The van der Waals surface area contributed by atoms with Crippen molar-refractivity contribution < 1.29 is 14.3 Å². The van der Waals surface area contributed by atoms with Crippen molar-refractivity contribution in [2.24, 2.45) is 0 Å². The lowest BCUT2D eigenvalue weighted by Gasteiger charge is -2.34. The molecule has 1 fully saturated rings. The number of nitrogens with zero attached hydrogens (tertiary/aromatic N) is 3. The molecule has 1 heterocycles. The molecule has 0 spiro atoms. The molecule has 1 aliphatic heterocycles. The van der Waals surface area contributed by atoms with E-state index >= 15 is 0 Å². The Labute approximate surface area is 159 Å². The smallest absolute Gasteiger partial charge is 0.260 e. The van der Waals surface area contributed by atoms with Crippen LogP contribution in [0.3, 0.4) is 0 Å². The first-order valence-corrected chi connectivity index (χ1v) is 8.94. The third-order valence-corrected chi connectivity index (χ3v) is 4.64. The molecule has 2 aromatic carbocycles. The van der Waals surface area contributed by atoms with Crippen molar-refractivity contribution in [3.63, 3.8) is 0 Å². The zero-order valence-corrected chi connectivity index (χ0v) is 15.4. The number of amides is 1. The molecule has 0 unspecified atom stereocenters. The van der Waals surface area contributed by atoms with E-state index in [1.807, 2.05) is 17.0 Å². The molecular formula is C21H23N3O3. The molecule has 1 aliphatic rings. The van der Waals surface area contributed by atoms with Gasteiger partial charge in [0.2, 0.25) is 0 Å². The molecule has 1 saturated heterocycles. The average Bonchev–Trinajstić information content (AvgIpc) is 2.73. The van der Waals surface area contributed by atoms with Crippen molar-refractivity contribution in [2.75, 3.05) is 39.9 Å². The van der Waals surface area contributed by atoms with Crippen LogP contribution in [0.25, 0.3) is 0 Å². The second kappa shape index (κ2) is 9.06. The Balaban J connectivity index is 1.42. The predicted octanol–water partition coefficient (Wildman–Crippen LogP) is 2.29. The van der Waals surface area contributed by atoms with Crippen LogP contribution in [-0.4, -0.2) is 55.6 Å². The summed E-state index contributed by atoms with van der Waals surface area (Å²) in [6, 6.07) is 16.9. The van der Waals surface area contributed by atoms with Crippen molar-refractivity contribution in [1.29, 1.82) is 5.26 Å². The summed E-state index contributed by atoms with van der Waals surface area (Å²) in [5.74, 6) is 1.44. The summed E-state index contributed by atoms with van der Waals surface area (Å²) >= 11 is 0. The van der Waals surface area contributed by atoms with E-state index in [2.05, 4.69) is 23.1 Å². The maximum absolute atomic E-state index is 12.3. The molecule has 0 radical (unpaired) electrons. The summed E-state index contributed by atoms with van der Waals surface area (Å²) in [6.45, 7) is 3.97. The van der Waals surface area contributed by atoms with Crippen LogP contribution in [0.15, 0.2) is 48.5 Å². The van der Waals surface area contributed by atoms with Crippen LogP contribution in [0.2, 0.25) is 0 Å². The number of carbonyl (C=O) groups excluding carboxylic acids is 1. The highest BCUT2D eigenvalue weighted by Crippen LogP contribution is 2.15. The van der Waals surface area contributed by atoms with Gasteiger partial charge in [0.1, 0.15) is 11.5 Å². The van der Waals surface area contributed by atoms with Gasteiger partial charge in [-0.1, -0.05) is 12.1 Å². The summed E-state index contributed by atoms with van der Waals surface area (Å²) in [6.07, 6.45) is 0. The van der Waals surface area contributed by atoms with Crippen molar-refractivity contribution in [3.05, 3.63) is 59.7 Å². The monoisotopic (exact) mass is 365 g/mol. The molecular weight excluding hydrogens is 342 g/mol. The Hall–Kier alpha value is -3.04. The quantitative estimate of drug-likeness (QED) is 0.786. The molecule has 2 aromatic rings. The highest BCUT2D eigenvalue weighted by molar-refractivity contribution is 5.77. The van der Waals surface area contributed by atoms with Crippen LogP contribution in [0.5, 0.6) is 11.5 Å². The van der Waals surface area contributed by atoms with E-state index < -0.39 is 0 Å². The molecule has 0 aromatic heterocycles. The van der Waals surface area contributed by atoms with Crippen LogP contribution in [0.1, 0.15) is 11.1 Å². The Morgan fingerprint density at radius 1 is 1.00 bits per heavy atom. The number of methoxy groups -OCH3 is 1. The lowest BCUT2D eigenvalue weighted by atomic mass is 10.2. The van der Waals surface area contributed by atoms with Crippen LogP contribution in [-0.2, 0) is 11.3 Å². The Bertz CT molecular complexity index is 789. The van der Waals surface area contributed by atoms with E-state index in [4.69, 9.17) is 14.7 Å². The number of rotatable bonds is 6. The maximum Gasteiger partial charge on any atom is 0.260 e. The van der Waals surface area contributed by atoms with Crippen LogP contribution >= 0.6 is 0 Å². The number of benzene rings is 2. The van der Waals surface area contributed by atoms with E-state index in [1.165, 1.54) is 5.56 Å². The number of nitriles is 1. The molecule has 1 amide bonds. The normalized spacial score (nSPS) is 14.4. The molecule has 0 bridgehead atoms. The second-order valence-electron chi connectivity index (χ2n) is 6.43. The molecule has 0 atom stereocenters. The molecule has 0 N–H and O–H groups in total. The first kappa shape index (κ1) is 18.7. The van der Waals surface area contributed by atoms with Gasteiger partial charge < -0.3 is 14.4 Å². The van der Waals surface area contributed by atoms with Crippen molar-refractivity contribution in [2.45, 2.75) is 6.54 Å². The highest BCUT2D eigenvalue weighted by Gasteiger charge is 2.21. The molecule has 3 rings (SSSR count). The molecule has 140 valence electrons. The van der Waals surface area contributed by atoms with Crippen molar-refractivity contribution in [1.82, 2.24) is 9.80 Å². The summed E-state index contributed by atoms with van der Waals surface area (Å²) < 4.78 is 10.7. The summed E-state index contributed by atoms with van der Waals surface area (Å²) in [7, 11) is 1.66. The minimum atomic E-state index is -0.0107. The van der Waals surface area contributed by atoms with E-state index in [1.54, 1.807) is 31.4 Å². The van der Waals surface area contributed by atoms with Crippen LogP contribution < -0.4 is 9.47 Å². The van der Waals surface area contributed by atoms with E-state index in [-0.39, 0.29) is 12.5 Å². The van der Waals surface area contributed by atoms with E-state index in [0.29, 0.717) is 24.4 Å². The van der Waals surface area contributed by atoms with Crippen LogP contribution in [0, 0.1) is 11.3 Å². The van der Waals surface area contributed by atoms with Gasteiger partial charge in [-0.05, 0) is 42.0 Å². The maximum atomic E-state index is 12.3. The number of piperazine rings is 1. The van der Waals surface area contributed by atoms with Gasteiger partial charge in [-0.2, -0.15) is 5.26 Å². The van der Waals surface area contributed by atoms with Gasteiger partial charge in [0.15, 0.2) is 6.61 Å². The van der Waals surface area contributed by atoms with Crippen LogP contribution in [0.4, 0.5) is 0 Å². The Morgan fingerprint density at radius 2 is 1.63 bits per heavy atom. The van der Waals surface area contributed by atoms with Gasteiger partial charge in [0, 0.05) is 32.7 Å². The summed E-state index contributed by atoms with van der Waals surface area (Å²) in [5, 5.41) is 8.79. The van der Waals surface area contributed by atoms with E-state index in [9.17, 15) is 4.79 Å². The fourth-order valence-corrected chi connectivity index (χ4v) is 3.01. The lowest BCUT2D eigenvalue weighted by molar-refractivity contribution is -0.135. The fraction of sp³-hybridized carbons (Fsp3) is 0.333. The van der Waals surface area contributed by atoms with Gasteiger partial charge >= 0.3 is 0 Å². The molecule has 0 aliphatic carbocycles. The van der Waals surface area contributed by atoms with Gasteiger partial charge in [-0.25, -0.2) is 0 Å². The van der Waals surface area contributed by atoms with Gasteiger partial charge in [0.05, 0.1) is 18.7 Å². The zero-order valence-electron chi connectivity index (χ0n) is 15.4. The standard InChI is InChI=1S/C21H23N3O3/c1-26-19-6-4-18(5-7-19)15-23-10-12-24(13-11-23)21(25)16-27-20-8-2-17(14-22)3-9-20/h2-9H,10-13,15-16H2,1H3. The van der Waals surface area contributed by atoms with Gasteiger partial charge in [-0.3, -0.25) is 9.69 Å². The van der Waals surface area contributed by atoms with Crippen molar-refractivity contribution in [3.8, 4) is 17.6 Å². The fourth-order valence-electron chi connectivity index (χ4n) is 3.01. The third-order valence-electron chi connectivity index (χ3n) is 4.64. The predicted molar refractivity (Wildman–Crippen MR) is 102 cm³/mol. The molecule has 0 saturated carbocycles. The topological polar surface area (TPSA) is 65.8 Å². The number of carbonyl (C=O) groups is 1. The average molecular weight is 365 g/mol. The van der Waals surface area contributed by atoms with Crippen molar-refractivity contribution >= 4 is 5.91 Å². The third kappa shape index (κ3) is 5.22. The Morgan fingerprint density at radius 3 is 2.22 bits per heavy atom. The zero-order chi connectivity index (χ0) is 19.1. The number of ether oxygens (including phenoxy) is 2. The first-order valence-electron chi connectivity index (χ1n) is 8.94. The number of hydrogen-bond donors (Lipinski definition) is 0. The Kier molecular flexibility index (Phi) is 6.29. The minimum Gasteiger partial charge on any atom is -0.497 e. The molecule has 6 nitrogen and oxygen atoms in total. The number of hydrogen-bond acceptors (Lipinski definition) is 5. The SMILES string of the molecule is COc1ccc(CN2CCN(C(=O)COc3ccc(C#N)cc3)CC2)cc1. The van der Waals surface area contributed by atoms with Gasteiger partial charge in [0.25, 0.3) is 5.91 Å². The minimum absolute atomic E-state index is 0.0107. The first-order chi connectivity index (χ1) is 13.2. The second-order valence-corrected chi connectivity index (χ2v) is 6.43. The largest absolute Gasteiger partial charge is 0.497 e. The molecule has 27 heavy (non-hydrogen) atoms. The summed E-state index contributed by atoms with van der Waals surface area (Å²) in [4.78, 5) is 16.5. The van der Waals surface area contributed by atoms with Gasteiger partial charge in [-0.15, -0.1) is 0 Å². The highest BCUT2D eigenvalue weighted by atomic mass is 16.5. The summed E-state index contributed by atoms with van der Waals surface area (Å²) in [5.41, 5.74) is 1.81.